The van der Waals surface area contributed by atoms with Gasteiger partial charge in [0.1, 0.15) is 17.0 Å². The van der Waals surface area contributed by atoms with Gasteiger partial charge in [0, 0.05) is 37.1 Å². The van der Waals surface area contributed by atoms with Crippen molar-refractivity contribution in [3.05, 3.63) is 39.2 Å². The SMILES string of the molecule is Cc1c(C(=O)N2CCN(C(C)C)CC2)sc2ncnc(NC(C)c3cccs3)c12. The highest BCUT2D eigenvalue weighted by Gasteiger charge is 2.27. The van der Waals surface area contributed by atoms with E-state index in [1.165, 1.54) is 16.2 Å². The largest absolute Gasteiger partial charge is 0.362 e. The van der Waals surface area contributed by atoms with Gasteiger partial charge in [0.15, 0.2) is 0 Å². The maximum atomic E-state index is 13.2. The fraction of sp³-hybridized carbons (Fsp3) is 0.476. The Hall–Kier alpha value is -2.03. The van der Waals surface area contributed by atoms with Gasteiger partial charge in [-0.2, -0.15) is 0 Å². The van der Waals surface area contributed by atoms with Crippen LogP contribution in [0.4, 0.5) is 5.82 Å². The van der Waals surface area contributed by atoms with Gasteiger partial charge in [0.2, 0.25) is 0 Å². The van der Waals surface area contributed by atoms with Gasteiger partial charge in [-0.05, 0) is 44.7 Å². The summed E-state index contributed by atoms with van der Waals surface area (Å²) >= 11 is 3.20. The Balaban J connectivity index is 1.59. The van der Waals surface area contributed by atoms with Crippen molar-refractivity contribution in [1.29, 1.82) is 0 Å². The minimum absolute atomic E-state index is 0.117. The van der Waals surface area contributed by atoms with Gasteiger partial charge < -0.3 is 10.2 Å². The summed E-state index contributed by atoms with van der Waals surface area (Å²) in [7, 11) is 0. The fourth-order valence-corrected chi connectivity index (χ4v) is 5.63. The number of nitrogens with one attached hydrogen (secondary N) is 1. The topological polar surface area (TPSA) is 61.4 Å². The molecule has 1 aliphatic rings. The van der Waals surface area contributed by atoms with E-state index >= 15 is 0 Å². The number of aryl methyl sites for hydroxylation is 1. The number of aromatic nitrogens is 2. The summed E-state index contributed by atoms with van der Waals surface area (Å²) in [5.74, 6) is 0.916. The Kier molecular flexibility index (Phi) is 5.85. The lowest BCUT2D eigenvalue weighted by atomic mass is 10.1. The number of carbonyl (C=O) groups is 1. The van der Waals surface area contributed by atoms with Crippen LogP contribution in [-0.2, 0) is 0 Å². The van der Waals surface area contributed by atoms with Gasteiger partial charge in [0.25, 0.3) is 5.91 Å². The number of carbonyl (C=O) groups excluding carboxylic acids is 1. The maximum Gasteiger partial charge on any atom is 0.264 e. The van der Waals surface area contributed by atoms with E-state index in [4.69, 9.17) is 0 Å². The van der Waals surface area contributed by atoms with E-state index < -0.39 is 0 Å². The van der Waals surface area contributed by atoms with Gasteiger partial charge in [-0.3, -0.25) is 9.69 Å². The van der Waals surface area contributed by atoms with Crippen LogP contribution in [0.5, 0.6) is 0 Å². The molecular weight excluding hydrogens is 402 g/mol. The minimum Gasteiger partial charge on any atom is -0.362 e. The number of hydrogen-bond donors (Lipinski definition) is 1. The summed E-state index contributed by atoms with van der Waals surface area (Å²) < 4.78 is 0. The molecule has 0 radical (unpaired) electrons. The highest BCUT2D eigenvalue weighted by Crippen LogP contribution is 2.35. The average molecular weight is 430 g/mol. The van der Waals surface area contributed by atoms with Gasteiger partial charge in [-0.15, -0.1) is 22.7 Å². The van der Waals surface area contributed by atoms with Gasteiger partial charge in [-0.25, -0.2) is 9.97 Å². The standard InChI is InChI=1S/C21H27N5OS2/c1-13(2)25-7-9-26(10-8-25)21(27)18-14(3)17-19(22-12-23-20(17)29-18)24-15(4)16-6-5-11-28-16/h5-6,11-13,15H,7-10H2,1-4H3,(H,22,23,24). The van der Waals surface area contributed by atoms with E-state index in [0.29, 0.717) is 6.04 Å². The van der Waals surface area contributed by atoms with Crippen molar-refractivity contribution in [3.63, 3.8) is 0 Å². The van der Waals surface area contributed by atoms with Gasteiger partial charge in [0.05, 0.1) is 16.3 Å². The molecule has 1 N–H and O–H groups in total. The summed E-state index contributed by atoms with van der Waals surface area (Å²) in [4.78, 5) is 29.5. The molecule has 1 saturated heterocycles. The smallest absolute Gasteiger partial charge is 0.264 e. The molecule has 0 aliphatic carbocycles. The summed E-state index contributed by atoms with van der Waals surface area (Å²) in [6.07, 6.45) is 1.58. The van der Waals surface area contributed by atoms with E-state index in [9.17, 15) is 4.79 Å². The van der Waals surface area contributed by atoms with Crippen LogP contribution in [-0.4, -0.2) is 57.9 Å². The third-order valence-corrected chi connectivity index (χ3v) is 7.82. The van der Waals surface area contributed by atoms with Crippen LogP contribution < -0.4 is 5.32 Å². The molecule has 1 amide bonds. The number of thiophene rings is 2. The van der Waals surface area contributed by atoms with Crippen LogP contribution in [0.3, 0.4) is 0 Å². The van der Waals surface area contributed by atoms with Crippen molar-refractivity contribution in [2.45, 2.75) is 39.8 Å². The monoisotopic (exact) mass is 429 g/mol. The van der Waals surface area contributed by atoms with Gasteiger partial charge >= 0.3 is 0 Å². The summed E-state index contributed by atoms with van der Waals surface area (Å²) in [6.45, 7) is 12.0. The molecule has 0 bridgehead atoms. The zero-order chi connectivity index (χ0) is 20.5. The molecule has 29 heavy (non-hydrogen) atoms. The van der Waals surface area contributed by atoms with Gasteiger partial charge in [-0.1, -0.05) is 6.07 Å². The Labute approximate surface area is 179 Å². The molecule has 8 heteroatoms. The van der Waals surface area contributed by atoms with Crippen LogP contribution in [0.15, 0.2) is 23.8 Å². The number of anilines is 1. The molecule has 4 rings (SSSR count). The van der Waals surface area contributed by atoms with E-state index in [2.05, 4.69) is 58.5 Å². The summed E-state index contributed by atoms with van der Waals surface area (Å²) in [5, 5.41) is 6.55. The van der Waals surface area contributed by atoms with Crippen molar-refractivity contribution < 1.29 is 4.79 Å². The molecule has 154 valence electrons. The summed E-state index contributed by atoms with van der Waals surface area (Å²) in [6, 6.07) is 4.84. The molecule has 1 atom stereocenters. The lowest BCUT2D eigenvalue weighted by Crippen LogP contribution is -2.50. The fourth-order valence-electron chi connectivity index (χ4n) is 3.78. The van der Waals surface area contributed by atoms with Crippen molar-refractivity contribution >= 4 is 44.6 Å². The van der Waals surface area contributed by atoms with Crippen molar-refractivity contribution in [1.82, 2.24) is 19.8 Å². The first-order valence-electron chi connectivity index (χ1n) is 10.0. The predicted octanol–water partition coefficient (Wildman–Crippen LogP) is 4.40. The number of fused-ring (bicyclic) bond motifs is 1. The second-order valence-corrected chi connectivity index (χ2v) is 9.74. The number of hydrogen-bond acceptors (Lipinski definition) is 7. The molecule has 3 aromatic rings. The maximum absolute atomic E-state index is 13.2. The first-order valence-corrected chi connectivity index (χ1v) is 11.7. The van der Waals surface area contributed by atoms with Crippen LogP contribution in [0.2, 0.25) is 0 Å². The molecule has 0 saturated carbocycles. The van der Waals surface area contributed by atoms with Crippen molar-refractivity contribution in [2.24, 2.45) is 0 Å². The Morgan fingerprint density at radius 1 is 1.17 bits per heavy atom. The number of nitrogens with zero attached hydrogens (tertiary/aromatic N) is 4. The van der Waals surface area contributed by atoms with E-state index in [1.54, 1.807) is 17.7 Å². The average Bonchev–Trinajstić information content (AvgIpc) is 3.36. The number of piperazine rings is 1. The van der Waals surface area contributed by atoms with Crippen LogP contribution in [0, 0.1) is 6.92 Å². The normalized spacial score (nSPS) is 16.5. The molecule has 0 spiro atoms. The lowest BCUT2D eigenvalue weighted by Gasteiger charge is -2.36. The molecule has 3 aromatic heterocycles. The highest BCUT2D eigenvalue weighted by molar-refractivity contribution is 7.20. The quantitative estimate of drug-likeness (QED) is 0.651. The first-order chi connectivity index (χ1) is 14.0. The van der Waals surface area contributed by atoms with Crippen LogP contribution >= 0.6 is 22.7 Å². The molecule has 0 aromatic carbocycles. The zero-order valence-electron chi connectivity index (χ0n) is 17.3. The number of rotatable bonds is 5. The molecular formula is C21H27N5OS2. The van der Waals surface area contributed by atoms with E-state index in [0.717, 1.165) is 52.7 Å². The third-order valence-electron chi connectivity index (χ3n) is 5.58. The molecule has 1 aliphatic heterocycles. The second-order valence-electron chi connectivity index (χ2n) is 7.76. The van der Waals surface area contributed by atoms with Crippen LogP contribution in [0.25, 0.3) is 10.2 Å². The lowest BCUT2D eigenvalue weighted by molar-refractivity contribution is 0.0599. The second kappa shape index (κ2) is 8.38. The zero-order valence-corrected chi connectivity index (χ0v) is 18.9. The Bertz CT molecular complexity index is 990. The highest BCUT2D eigenvalue weighted by atomic mass is 32.1. The van der Waals surface area contributed by atoms with E-state index in [1.807, 2.05) is 11.8 Å². The predicted molar refractivity (Wildman–Crippen MR) is 121 cm³/mol. The Morgan fingerprint density at radius 2 is 1.93 bits per heavy atom. The van der Waals surface area contributed by atoms with E-state index in [-0.39, 0.29) is 11.9 Å². The molecule has 6 nitrogen and oxygen atoms in total. The first kappa shape index (κ1) is 20.3. The summed E-state index contributed by atoms with van der Waals surface area (Å²) in [5.41, 5.74) is 0.975. The molecule has 1 fully saturated rings. The van der Waals surface area contributed by atoms with Crippen molar-refractivity contribution in [2.75, 3.05) is 31.5 Å². The van der Waals surface area contributed by atoms with Crippen LogP contribution in [0.1, 0.15) is 46.9 Å². The molecule has 4 heterocycles. The Morgan fingerprint density at radius 3 is 2.59 bits per heavy atom. The third kappa shape index (κ3) is 4.01. The van der Waals surface area contributed by atoms with Crippen molar-refractivity contribution in [3.8, 4) is 0 Å². The molecule has 1 unspecified atom stereocenters. The number of amides is 1. The minimum atomic E-state index is 0.117.